The van der Waals surface area contributed by atoms with Gasteiger partial charge in [0.15, 0.2) is 17.4 Å². The summed E-state index contributed by atoms with van der Waals surface area (Å²) in [6.45, 7) is 2.02. The fourth-order valence-corrected chi connectivity index (χ4v) is 4.70. The zero-order valence-corrected chi connectivity index (χ0v) is 18.8. The number of aromatic nitrogens is 6. The number of nitrogens with zero attached hydrogens (tertiary/aromatic N) is 6. The Labute approximate surface area is 196 Å². The Morgan fingerprint density at radius 2 is 1.91 bits per heavy atom. The fourth-order valence-electron chi connectivity index (χ4n) is 3.56. The highest BCUT2D eigenvalue weighted by Crippen LogP contribution is 2.39. The molecule has 0 aliphatic heterocycles. The first-order valence-corrected chi connectivity index (χ1v) is 10.9. The van der Waals surface area contributed by atoms with Gasteiger partial charge in [0.25, 0.3) is 0 Å². The van der Waals surface area contributed by atoms with Gasteiger partial charge in [-0.25, -0.2) is 9.37 Å². The summed E-state index contributed by atoms with van der Waals surface area (Å²) in [5.41, 5.74) is 9.21. The molecule has 0 saturated heterocycles. The fraction of sp³-hybridized carbons (Fsp3) is 0.0870. The van der Waals surface area contributed by atoms with Crippen LogP contribution >= 0.6 is 11.3 Å². The van der Waals surface area contributed by atoms with Crippen molar-refractivity contribution in [2.75, 3.05) is 12.8 Å². The third-order valence-electron chi connectivity index (χ3n) is 5.23. The second kappa shape index (κ2) is 8.60. The van der Waals surface area contributed by atoms with Crippen LogP contribution in [0.5, 0.6) is 5.75 Å². The lowest BCUT2D eigenvalue weighted by Gasteiger charge is -2.10. The van der Waals surface area contributed by atoms with Crippen LogP contribution in [0.3, 0.4) is 0 Å². The van der Waals surface area contributed by atoms with Crippen molar-refractivity contribution in [2.24, 2.45) is 0 Å². The quantitative estimate of drug-likeness (QED) is 0.391. The van der Waals surface area contributed by atoms with E-state index in [1.807, 2.05) is 31.3 Å². The van der Waals surface area contributed by atoms with Gasteiger partial charge in [-0.05, 0) is 53.2 Å². The third kappa shape index (κ3) is 3.65. The van der Waals surface area contributed by atoms with Crippen LogP contribution in [0.25, 0.3) is 38.0 Å². The predicted octanol–water partition coefficient (Wildman–Crippen LogP) is 4.69. The highest BCUT2D eigenvalue weighted by molar-refractivity contribution is 7.19. The summed E-state index contributed by atoms with van der Waals surface area (Å²) in [6, 6.07) is 10.3. The Morgan fingerprint density at radius 1 is 1.06 bits per heavy atom. The van der Waals surface area contributed by atoms with Gasteiger partial charge in [-0.2, -0.15) is 9.07 Å². The van der Waals surface area contributed by atoms with Crippen LogP contribution in [0.4, 0.5) is 14.6 Å². The lowest BCUT2D eigenvalue weighted by Crippen LogP contribution is -2.07. The van der Waals surface area contributed by atoms with Gasteiger partial charge in [0.2, 0.25) is 5.82 Å². The lowest BCUT2D eigenvalue weighted by molar-refractivity contribution is 0.371. The molecule has 4 heterocycles. The van der Waals surface area contributed by atoms with Crippen LogP contribution in [0.15, 0.2) is 55.0 Å². The summed E-state index contributed by atoms with van der Waals surface area (Å²) in [5.74, 6) is -2.24. The summed E-state index contributed by atoms with van der Waals surface area (Å²) in [7, 11) is 1.25. The van der Waals surface area contributed by atoms with Gasteiger partial charge < -0.3 is 10.5 Å². The molecule has 5 rings (SSSR count). The first-order valence-electron chi connectivity index (χ1n) is 10.1. The number of methoxy groups -OCH3 is 1. The van der Waals surface area contributed by atoms with Crippen LogP contribution in [0.2, 0.25) is 0 Å². The van der Waals surface area contributed by atoms with Gasteiger partial charge >= 0.3 is 0 Å². The Morgan fingerprint density at radius 3 is 2.68 bits per heavy atom. The van der Waals surface area contributed by atoms with Gasteiger partial charge in [-0.15, -0.1) is 16.4 Å². The number of halogens is 2. The maximum atomic E-state index is 14.7. The molecule has 34 heavy (non-hydrogen) atoms. The molecular weight excluding hydrogens is 460 g/mol. The number of hydrogen-bond acceptors (Lipinski definition) is 8. The third-order valence-corrected chi connectivity index (χ3v) is 6.56. The standard InChI is InChI=1S/C23H17F2N7OS/c1-12-8-18(34-21(12)13-4-3-7-27-10-13)14-9-15(22(26)28-11-14)23-29-30-31-32(23)16-5-6-17(33-2)20(25)19(16)24/h3-11H,1-2H3,(H2,26,28). The van der Waals surface area contributed by atoms with Crippen molar-refractivity contribution in [3.05, 3.63) is 72.2 Å². The molecule has 8 nitrogen and oxygen atoms in total. The molecule has 2 N–H and O–H groups in total. The van der Waals surface area contributed by atoms with Crippen LogP contribution in [0.1, 0.15) is 5.56 Å². The number of tetrazole rings is 1. The Hall–Kier alpha value is -4.25. The normalized spacial score (nSPS) is 11.1. The van der Waals surface area contributed by atoms with Crippen molar-refractivity contribution in [2.45, 2.75) is 6.92 Å². The van der Waals surface area contributed by atoms with E-state index in [9.17, 15) is 8.78 Å². The number of hydrogen-bond donors (Lipinski definition) is 1. The van der Waals surface area contributed by atoms with Crippen LogP contribution in [-0.2, 0) is 0 Å². The van der Waals surface area contributed by atoms with Crippen molar-refractivity contribution >= 4 is 17.2 Å². The summed E-state index contributed by atoms with van der Waals surface area (Å²) in [6.07, 6.45) is 5.19. The summed E-state index contributed by atoms with van der Waals surface area (Å²) in [4.78, 5) is 10.5. The smallest absolute Gasteiger partial charge is 0.202 e. The van der Waals surface area contributed by atoms with E-state index in [0.717, 1.165) is 31.1 Å². The van der Waals surface area contributed by atoms with Crippen molar-refractivity contribution in [3.63, 3.8) is 0 Å². The molecule has 0 bridgehead atoms. The first kappa shape index (κ1) is 21.6. The number of anilines is 1. The highest BCUT2D eigenvalue weighted by atomic mass is 32.1. The van der Waals surface area contributed by atoms with E-state index in [-0.39, 0.29) is 23.1 Å². The zero-order valence-electron chi connectivity index (χ0n) is 18.0. The molecule has 0 unspecified atom stereocenters. The minimum absolute atomic E-state index is 0.121. The van der Waals surface area contributed by atoms with E-state index in [1.54, 1.807) is 29.8 Å². The van der Waals surface area contributed by atoms with E-state index < -0.39 is 11.6 Å². The molecule has 1 aromatic carbocycles. The Bertz CT molecular complexity index is 1500. The molecule has 0 atom stereocenters. The van der Waals surface area contributed by atoms with Gasteiger partial charge in [0.1, 0.15) is 11.5 Å². The van der Waals surface area contributed by atoms with Gasteiger partial charge in [0, 0.05) is 39.5 Å². The molecule has 0 radical (unpaired) electrons. The van der Waals surface area contributed by atoms with Crippen LogP contribution < -0.4 is 10.5 Å². The number of nitrogen functional groups attached to an aromatic ring is 1. The molecule has 0 amide bonds. The minimum Gasteiger partial charge on any atom is -0.494 e. The minimum atomic E-state index is -1.15. The van der Waals surface area contributed by atoms with Crippen molar-refractivity contribution in [1.82, 2.24) is 30.2 Å². The molecule has 11 heteroatoms. The molecule has 0 fully saturated rings. The molecule has 4 aromatic heterocycles. The summed E-state index contributed by atoms with van der Waals surface area (Å²) < 4.78 is 35.0. The number of thiophene rings is 1. The predicted molar refractivity (Wildman–Crippen MR) is 125 cm³/mol. The highest BCUT2D eigenvalue weighted by Gasteiger charge is 2.22. The molecule has 0 spiro atoms. The molecule has 0 saturated carbocycles. The van der Waals surface area contributed by atoms with Crippen LogP contribution in [0, 0.1) is 18.6 Å². The average Bonchev–Trinajstić information content (AvgIpc) is 3.49. The second-order valence-corrected chi connectivity index (χ2v) is 8.40. The molecule has 0 aliphatic rings. The van der Waals surface area contributed by atoms with E-state index in [0.29, 0.717) is 5.56 Å². The molecule has 0 aliphatic carbocycles. The number of nitrogens with two attached hydrogens (primary N) is 1. The van der Waals surface area contributed by atoms with Gasteiger partial charge in [-0.1, -0.05) is 6.07 Å². The maximum absolute atomic E-state index is 14.7. The SMILES string of the molecule is COc1ccc(-n2nnnc2-c2cc(-c3cc(C)c(-c4cccnc4)s3)cnc2N)c(F)c1F. The molecular formula is C23H17F2N7OS. The summed E-state index contributed by atoms with van der Waals surface area (Å²) >= 11 is 1.58. The van der Waals surface area contributed by atoms with E-state index >= 15 is 0 Å². The largest absolute Gasteiger partial charge is 0.494 e. The Balaban J connectivity index is 1.59. The topological polar surface area (TPSA) is 105 Å². The van der Waals surface area contributed by atoms with E-state index in [2.05, 4.69) is 25.5 Å². The molecule has 170 valence electrons. The van der Waals surface area contributed by atoms with Crippen LogP contribution in [-0.4, -0.2) is 37.3 Å². The van der Waals surface area contributed by atoms with Gasteiger partial charge in [-0.3, -0.25) is 4.98 Å². The zero-order chi connectivity index (χ0) is 23.8. The monoisotopic (exact) mass is 477 g/mol. The summed E-state index contributed by atoms with van der Waals surface area (Å²) in [5, 5.41) is 11.5. The number of ether oxygens (including phenoxy) is 1. The number of benzene rings is 1. The second-order valence-electron chi connectivity index (χ2n) is 7.35. The first-order chi connectivity index (χ1) is 16.5. The number of rotatable bonds is 5. The lowest BCUT2D eigenvalue weighted by atomic mass is 10.1. The van der Waals surface area contributed by atoms with E-state index in [1.165, 1.54) is 19.2 Å². The van der Waals surface area contributed by atoms with Gasteiger partial charge in [0.05, 0.1) is 12.7 Å². The average molecular weight is 478 g/mol. The maximum Gasteiger partial charge on any atom is 0.202 e. The molecule has 5 aromatic rings. The number of pyridine rings is 2. The van der Waals surface area contributed by atoms with Crippen molar-refractivity contribution in [3.8, 4) is 43.7 Å². The number of aryl methyl sites for hydroxylation is 1. The van der Waals surface area contributed by atoms with Crippen molar-refractivity contribution < 1.29 is 13.5 Å². The Kier molecular flexibility index (Phi) is 5.46. The van der Waals surface area contributed by atoms with E-state index in [4.69, 9.17) is 10.5 Å². The van der Waals surface area contributed by atoms with Crippen molar-refractivity contribution in [1.29, 1.82) is 0 Å².